The number of nitrogens with one attached hydrogen (secondary N) is 1. The molecule has 3 rings (SSSR count). The molecule has 0 aromatic heterocycles. The van der Waals surface area contributed by atoms with E-state index < -0.39 is 17.7 Å². The molecule has 30 heavy (non-hydrogen) atoms. The number of carbonyl (C=O) groups is 2. The van der Waals surface area contributed by atoms with Crippen molar-refractivity contribution in [2.45, 2.75) is 45.3 Å². The number of nitrogens with zero attached hydrogens (tertiary/aromatic N) is 1. The van der Waals surface area contributed by atoms with E-state index in [9.17, 15) is 9.59 Å². The van der Waals surface area contributed by atoms with Gasteiger partial charge in [0.1, 0.15) is 11.6 Å². The molecule has 6 heteroatoms. The summed E-state index contributed by atoms with van der Waals surface area (Å²) in [6.45, 7) is 5.96. The first kappa shape index (κ1) is 21.7. The Bertz CT molecular complexity index is 967. The zero-order chi connectivity index (χ0) is 21.7. The molecule has 1 atom stereocenters. The van der Waals surface area contributed by atoms with E-state index in [-0.39, 0.29) is 5.91 Å². The summed E-state index contributed by atoms with van der Waals surface area (Å²) in [5.74, 6) is 5.95. The Morgan fingerprint density at radius 1 is 1.03 bits per heavy atom. The van der Waals surface area contributed by atoms with Gasteiger partial charge in [0.05, 0.1) is 0 Å². The summed E-state index contributed by atoms with van der Waals surface area (Å²) in [5.41, 5.74) is 1.77. The average molecular weight is 425 g/mol. The number of carbonyl (C=O) groups excluding carboxylic acids is 2. The molecule has 1 saturated heterocycles. The van der Waals surface area contributed by atoms with Crippen molar-refractivity contribution >= 4 is 29.3 Å². The Kier molecular flexibility index (Phi) is 6.69. The minimum absolute atomic E-state index is 0.210. The van der Waals surface area contributed by atoms with Crippen LogP contribution in [0, 0.1) is 11.8 Å². The van der Waals surface area contributed by atoms with Crippen molar-refractivity contribution in [3.8, 4) is 11.8 Å². The summed E-state index contributed by atoms with van der Waals surface area (Å²) in [5, 5.41) is 3.56. The van der Waals surface area contributed by atoms with Crippen molar-refractivity contribution in [3.05, 3.63) is 64.7 Å². The van der Waals surface area contributed by atoms with Gasteiger partial charge < -0.3 is 10.1 Å². The van der Waals surface area contributed by atoms with E-state index in [0.717, 1.165) is 17.5 Å². The van der Waals surface area contributed by atoms with Gasteiger partial charge in [-0.25, -0.2) is 4.79 Å². The van der Waals surface area contributed by atoms with E-state index in [0.29, 0.717) is 23.7 Å². The van der Waals surface area contributed by atoms with Crippen molar-refractivity contribution in [3.63, 3.8) is 0 Å². The molecule has 0 spiro atoms. The van der Waals surface area contributed by atoms with Crippen LogP contribution in [0.25, 0.3) is 0 Å². The fourth-order valence-corrected chi connectivity index (χ4v) is 3.24. The average Bonchev–Trinajstić information content (AvgIpc) is 3.18. The number of rotatable bonds is 2. The number of ether oxygens (including phenoxy) is 1. The van der Waals surface area contributed by atoms with Gasteiger partial charge in [-0.15, -0.1) is 0 Å². The molecule has 1 N–H and O–H groups in total. The van der Waals surface area contributed by atoms with Crippen LogP contribution in [-0.2, 0) is 9.53 Å². The van der Waals surface area contributed by atoms with Crippen molar-refractivity contribution in [1.29, 1.82) is 0 Å². The van der Waals surface area contributed by atoms with E-state index in [1.54, 1.807) is 24.3 Å². The van der Waals surface area contributed by atoms with Gasteiger partial charge in [-0.05, 0) is 82.1 Å². The SMILES string of the molecule is CC(C)(C)OC(=O)N1CCC[C@@H]1C(=O)Nc1ccc(C#Cc2ccc(Cl)cc2)cc1. The van der Waals surface area contributed by atoms with E-state index in [1.807, 2.05) is 45.0 Å². The molecule has 2 aromatic rings. The summed E-state index contributed by atoms with van der Waals surface area (Å²) in [6, 6.07) is 14.1. The van der Waals surface area contributed by atoms with Crippen LogP contribution in [0.2, 0.25) is 5.02 Å². The molecule has 5 nitrogen and oxygen atoms in total. The normalized spacial score (nSPS) is 15.9. The topological polar surface area (TPSA) is 58.6 Å². The lowest BCUT2D eigenvalue weighted by Crippen LogP contribution is -2.45. The maximum Gasteiger partial charge on any atom is 0.410 e. The molecule has 2 aromatic carbocycles. The third kappa shape index (κ3) is 6.01. The van der Waals surface area contributed by atoms with Crippen molar-refractivity contribution in [2.24, 2.45) is 0 Å². The molecule has 2 amide bonds. The Morgan fingerprint density at radius 3 is 2.17 bits per heavy atom. The third-order valence-corrected chi connectivity index (χ3v) is 4.78. The predicted octanol–water partition coefficient (Wildman–Crippen LogP) is 5.08. The number of hydrogen-bond acceptors (Lipinski definition) is 3. The van der Waals surface area contributed by atoms with Crippen molar-refractivity contribution in [2.75, 3.05) is 11.9 Å². The lowest BCUT2D eigenvalue weighted by molar-refractivity contribution is -0.120. The van der Waals surface area contributed by atoms with Crippen LogP contribution in [-0.4, -0.2) is 35.1 Å². The third-order valence-electron chi connectivity index (χ3n) is 4.53. The molecule has 0 radical (unpaired) electrons. The van der Waals surface area contributed by atoms with Crippen LogP contribution >= 0.6 is 11.6 Å². The zero-order valence-corrected chi connectivity index (χ0v) is 18.1. The maximum atomic E-state index is 12.7. The quantitative estimate of drug-likeness (QED) is 0.684. The Hall–Kier alpha value is -2.97. The highest BCUT2D eigenvalue weighted by Crippen LogP contribution is 2.22. The summed E-state index contributed by atoms with van der Waals surface area (Å²) in [6.07, 6.45) is 0.944. The standard InChI is InChI=1S/C24H25ClN2O3/c1-24(2,3)30-23(29)27-16-4-5-21(27)22(28)26-20-14-10-18(11-15-20)7-6-17-8-12-19(25)13-9-17/h8-15,21H,4-5,16H2,1-3H3,(H,26,28)/t21-/m1/s1. The first-order valence-corrected chi connectivity index (χ1v) is 10.3. The lowest BCUT2D eigenvalue weighted by atomic mass is 10.1. The Labute approximate surface area is 182 Å². The highest BCUT2D eigenvalue weighted by Gasteiger charge is 2.36. The summed E-state index contributed by atoms with van der Waals surface area (Å²) >= 11 is 5.88. The second-order valence-electron chi connectivity index (χ2n) is 8.16. The van der Waals surface area contributed by atoms with E-state index in [2.05, 4.69) is 17.2 Å². The molecular weight excluding hydrogens is 400 g/mol. The molecule has 1 fully saturated rings. The molecule has 1 aliphatic heterocycles. The number of likely N-dealkylation sites (tertiary alicyclic amines) is 1. The smallest absolute Gasteiger partial charge is 0.410 e. The van der Waals surface area contributed by atoms with Gasteiger partial charge in [0.25, 0.3) is 0 Å². The Balaban J connectivity index is 1.61. The highest BCUT2D eigenvalue weighted by molar-refractivity contribution is 6.30. The van der Waals surface area contributed by atoms with Gasteiger partial charge in [-0.3, -0.25) is 9.69 Å². The molecule has 1 aliphatic rings. The van der Waals surface area contributed by atoms with Crippen LogP contribution in [0.15, 0.2) is 48.5 Å². The fourth-order valence-electron chi connectivity index (χ4n) is 3.12. The minimum Gasteiger partial charge on any atom is -0.444 e. The fraction of sp³-hybridized carbons (Fsp3) is 0.333. The second kappa shape index (κ2) is 9.23. The van der Waals surface area contributed by atoms with Crippen LogP contribution in [0.3, 0.4) is 0 Å². The zero-order valence-electron chi connectivity index (χ0n) is 17.4. The summed E-state index contributed by atoms with van der Waals surface area (Å²) in [4.78, 5) is 26.6. The van der Waals surface area contributed by atoms with Gasteiger partial charge in [0.2, 0.25) is 5.91 Å². The maximum absolute atomic E-state index is 12.7. The first-order valence-electron chi connectivity index (χ1n) is 9.89. The molecular formula is C24H25ClN2O3. The number of halogens is 1. The second-order valence-corrected chi connectivity index (χ2v) is 8.59. The molecule has 0 aliphatic carbocycles. The lowest BCUT2D eigenvalue weighted by Gasteiger charge is -2.28. The number of amides is 2. The van der Waals surface area contributed by atoms with E-state index in [1.165, 1.54) is 4.90 Å². The van der Waals surface area contributed by atoms with Crippen molar-refractivity contribution in [1.82, 2.24) is 4.90 Å². The number of anilines is 1. The number of hydrogen-bond donors (Lipinski definition) is 1. The molecule has 156 valence electrons. The summed E-state index contributed by atoms with van der Waals surface area (Å²) < 4.78 is 5.42. The van der Waals surface area contributed by atoms with Crippen LogP contribution < -0.4 is 5.32 Å². The first-order chi connectivity index (χ1) is 14.2. The van der Waals surface area contributed by atoms with E-state index in [4.69, 9.17) is 16.3 Å². The highest BCUT2D eigenvalue weighted by atomic mass is 35.5. The number of benzene rings is 2. The minimum atomic E-state index is -0.594. The van der Waals surface area contributed by atoms with Gasteiger partial charge in [-0.2, -0.15) is 0 Å². The van der Waals surface area contributed by atoms with Gasteiger partial charge >= 0.3 is 6.09 Å². The largest absolute Gasteiger partial charge is 0.444 e. The summed E-state index contributed by atoms with van der Waals surface area (Å²) in [7, 11) is 0. The van der Waals surface area contributed by atoms with Gasteiger partial charge in [0, 0.05) is 28.4 Å². The molecule has 0 bridgehead atoms. The molecule has 0 unspecified atom stereocenters. The van der Waals surface area contributed by atoms with Crippen LogP contribution in [0.4, 0.5) is 10.5 Å². The van der Waals surface area contributed by atoms with Gasteiger partial charge in [-0.1, -0.05) is 23.4 Å². The Morgan fingerprint density at radius 2 is 1.60 bits per heavy atom. The predicted molar refractivity (Wildman–Crippen MR) is 118 cm³/mol. The van der Waals surface area contributed by atoms with Gasteiger partial charge in [0.15, 0.2) is 0 Å². The van der Waals surface area contributed by atoms with Crippen LogP contribution in [0.5, 0.6) is 0 Å². The van der Waals surface area contributed by atoms with Crippen molar-refractivity contribution < 1.29 is 14.3 Å². The van der Waals surface area contributed by atoms with E-state index >= 15 is 0 Å². The monoisotopic (exact) mass is 424 g/mol. The van der Waals surface area contributed by atoms with Crippen LogP contribution in [0.1, 0.15) is 44.7 Å². The molecule has 1 heterocycles. The molecule has 0 saturated carbocycles.